The maximum Gasteiger partial charge on any atom is 0.303 e. The van der Waals surface area contributed by atoms with Gasteiger partial charge in [0.15, 0.2) is 5.78 Å². The molecule has 7 heteroatoms. The molecule has 0 saturated heterocycles. The Morgan fingerprint density at radius 3 is 2.41 bits per heavy atom. The Labute approximate surface area is 169 Å². The topological polar surface area (TPSA) is 93.4 Å². The van der Waals surface area contributed by atoms with Crippen LogP contribution in [0.4, 0.5) is 0 Å². The molecule has 0 amide bonds. The van der Waals surface area contributed by atoms with Crippen molar-refractivity contribution in [2.24, 2.45) is 0 Å². The zero-order chi connectivity index (χ0) is 21.0. The quantitative estimate of drug-likeness (QED) is 0.565. The van der Waals surface area contributed by atoms with Crippen LogP contribution in [0.15, 0.2) is 65.7 Å². The average molecular weight is 411 g/mol. The van der Waals surface area contributed by atoms with Crippen molar-refractivity contribution in [1.29, 1.82) is 0 Å². The monoisotopic (exact) mass is 411 g/mol. The molecule has 0 aliphatic heterocycles. The Kier molecular flexibility index (Phi) is 5.98. The van der Waals surface area contributed by atoms with E-state index in [0.29, 0.717) is 16.5 Å². The van der Waals surface area contributed by atoms with Crippen LogP contribution in [0.5, 0.6) is 0 Å². The van der Waals surface area contributed by atoms with Crippen molar-refractivity contribution < 1.29 is 23.1 Å². The minimum atomic E-state index is -3.79. The normalized spacial score (nSPS) is 11.9. The SMILES string of the molecule is Cc1ccc(S(=O)(=O)n2cc(C=CC(=O)CCCC(=O)O)c3ccccc32)cc1. The van der Waals surface area contributed by atoms with Crippen molar-refractivity contribution >= 4 is 38.8 Å². The highest BCUT2D eigenvalue weighted by Crippen LogP contribution is 2.27. The fourth-order valence-corrected chi connectivity index (χ4v) is 4.39. The van der Waals surface area contributed by atoms with Gasteiger partial charge in [0.25, 0.3) is 10.0 Å². The summed E-state index contributed by atoms with van der Waals surface area (Å²) in [6.07, 6.45) is 4.78. The van der Waals surface area contributed by atoms with E-state index >= 15 is 0 Å². The van der Waals surface area contributed by atoms with E-state index in [1.807, 2.05) is 6.92 Å². The molecule has 0 unspecified atom stereocenters. The average Bonchev–Trinajstić information content (AvgIpc) is 3.06. The van der Waals surface area contributed by atoms with Gasteiger partial charge < -0.3 is 5.11 Å². The lowest BCUT2D eigenvalue weighted by Crippen LogP contribution is -2.11. The lowest BCUT2D eigenvalue weighted by atomic mass is 10.1. The van der Waals surface area contributed by atoms with E-state index in [2.05, 4.69) is 0 Å². The molecule has 0 radical (unpaired) electrons. The second kappa shape index (κ2) is 8.45. The summed E-state index contributed by atoms with van der Waals surface area (Å²) in [5.74, 6) is -1.14. The summed E-state index contributed by atoms with van der Waals surface area (Å²) in [6.45, 7) is 1.89. The van der Waals surface area contributed by atoms with Crippen LogP contribution in [0.1, 0.15) is 30.4 Å². The molecule has 0 saturated carbocycles. The summed E-state index contributed by atoms with van der Waals surface area (Å²) in [7, 11) is -3.79. The number of aliphatic carboxylic acids is 1. The van der Waals surface area contributed by atoms with Gasteiger partial charge in [-0.25, -0.2) is 12.4 Å². The Hall–Kier alpha value is -3.19. The van der Waals surface area contributed by atoms with Gasteiger partial charge in [0.05, 0.1) is 10.4 Å². The molecule has 1 heterocycles. The lowest BCUT2D eigenvalue weighted by molar-refractivity contribution is -0.137. The fourth-order valence-electron chi connectivity index (χ4n) is 3.01. The number of allylic oxidation sites excluding steroid dienone is 1. The molecule has 0 fully saturated rings. The van der Waals surface area contributed by atoms with Crippen LogP contribution in [-0.4, -0.2) is 29.2 Å². The van der Waals surface area contributed by atoms with Gasteiger partial charge in [0, 0.05) is 30.0 Å². The number of aromatic nitrogens is 1. The number of carboxylic acids is 1. The van der Waals surface area contributed by atoms with E-state index in [1.165, 1.54) is 16.2 Å². The number of fused-ring (bicyclic) bond motifs is 1. The third kappa shape index (κ3) is 4.63. The third-order valence-corrected chi connectivity index (χ3v) is 6.24. The van der Waals surface area contributed by atoms with E-state index in [-0.39, 0.29) is 29.9 Å². The molecule has 0 aliphatic rings. The number of carbonyl (C=O) groups excluding carboxylic acids is 1. The van der Waals surface area contributed by atoms with Crippen LogP contribution in [0, 0.1) is 6.92 Å². The third-order valence-electron chi connectivity index (χ3n) is 4.55. The zero-order valence-electron chi connectivity index (χ0n) is 15.9. The number of carboxylic acid groups (broad SMARTS) is 1. The predicted octanol–water partition coefficient (Wildman–Crippen LogP) is 4.02. The van der Waals surface area contributed by atoms with Gasteiger partial charge in [-0.05, 0) is 43.7 Å². The molecule has 1 N–H and O–H groups in total. The molecule has 3 aromatic rings. The van der Waals surface area contributed by atoms with Crippen molar-refractivity contribution in [3.05, 3.63) is 71.9 Å². The maximum absolute atomic E-state index is 13.1. The van der Waals surface area contributed by atoms with Crippen molar-refractivity contribution in [1.82, 2.24) is 3.97 Å². The fraction of sp³-hybridized carbons (Fsp3) is 0.182. The van der Waals surface area contributed by atoms with Crippen molar-refractivity contribution in [2.75, 3.05) is 0 Å². The summed E-state index contributed by atoms with van der Waals surface area (Å²) >= 11 is 0. The van der Waals surface area contributed by atoms with E-state index in [0.717, 1.165) is 5.56 Å². The summed E-state index contributed by atoms with van der Waals surface area (Å²) in [5, 5.41) is 9.36. The molecule has 3 rings (SSSR count). The minimum Gasteiger partial charge on any atom is -0.481 e. The first kappa shape index (κ1) is 20.5. The van der Waals surface area contributed by atoms with E-state index < -0.39 is 16.0 Å². The van der Waals surface area contributed by atoms with Crippen LogP contribution in [-0.2, 0) is 19.6 Å². The van der Waals surface area contributed by atoms with Gasteiger partial charge in [0.2, 0.25) is 0 Å². The molecule has 150 valence electrons. The molecule has 1 aromatic heterocycles. The number of hydrogen-bond donors (Lipinski definition) is 1. The van der Waals surface area contributed by atoms with Gasteiger partial charge in [0.1, 0.15) is 0 Å². The Bertz CT molecular complexity index is 1190. The molecule has 0 atom stereocenters. The highest BCUT2D eigenvalue weighted by Gasteiger charge is 2.20. The number of hydrogen-bond acceptors (Lipinski definition) is 4. The zero-order valence-corrected chi connectivity index (χ0v) is 16.7. The number of ketones is 1. The number of nitrogens with zero attached hydrogens (tertiary/aromatic N) is 1. The predicted molar refractivity (Wildman–Crippen MR) is 111 cm³/mol. The van der Waals surface area contributed by atoms with Crippen molar-refractivity contribution in [3.63, 3.8) is 0 Å². The smallest absolute Gasteiger partial charge is 0.303 e. The van der Waals surface area contributed by atoms with Gasteiger partial charge >= 0.3 is 5.97 Å². The van der Waals surface area contributed by atoms with E-state index in [1.54, 1.807) is 54.6 Å². The van der Waals surface area contributed by atoms with Gasteiger partial charge in [-0.3, -0.25) is 9.59 Å². The first-order valence-corrected chi connectivity index (χ1v) is 10.6. The largest absolute Gasteiger partial charge is 0.481 e. The second-order valence-corrected chi connectivity index (χ2v) is 8.58. The van der Waals surface area contributed by atoms with E-state index in [4.69, 9.17) is 5.11 Å². The molecule has 2 aromatic carbocycles. The van der Waals surface area contributed by atoms with E-state index in [9.17, 15) is 18.0 Å². The van der Waals surface area contributed by atoms with Crippen LogP contribution < -0.4 is 0 Å². The van der Waals surface area contributed by atoms with Gasteiger partial charge in [-0.15, -0.1) is 0 Å². The first-order valence-electron chi connectivity index (χ1n) is 9.14. The number of carbonyl (C=O) groups is 2. The number of aryl methyl sites for hydroxylation is 1. The van der Waals surface area contributed by atoms with Crippen LogP contribution >= 0.6 is 0 Å². The summed E-state index contributed by atoms with van der Waals surface area (Å²) < 4.78 is 27.5. The number of benzene rings is 2. The molecule has 6 nitrogen and oxygen atoms in total. The summed E-state index contributed by atoms with van der Waals surface area (Å²) in [5.41, 5.74) is 2.08. The second-order valence-electron chi connectivity index (χ2n) is 6.76. The standard InChI is InChI=1S/C22H21NO5S/c1-16-9-13-19(14-10-16)29(27,28)23-15-17(20-6-2-3-7-21(20)23)11-12-18(24)5-4-8-22(25)26/h2-3,6-7,9-15H,4-5,8H2,1H3,(H,25,26). The maximum atomic E-state index is 13.1. The molecular formula is C22H21NO5S. The van der Waals surface area contributed by atoms with Gasteiger partial charge in [-0.1, -0.05) is 35.9 Å². The highest BCUT2D eigenvalue weighted by atomic mass is 32.2. The first-order chi connectivity index (χ1) is 13.8. The van der Waals surface area contributed by atoms with Crippen LogP contribution in [0.2, 0.25) is 0 Å². The molecular weight excluding hydrogens is 390 g/mol. The number of para-hydroxylation sites is 1. The molecule has 29 heavy (non-hydrogen) atoms. The Morgan fingerprint density at radius 2 is 1.72 bits per heavy atom. The van der Waals surface area contributed by atoms with Crippen LogP contribution in [0.25, 0.3) is 17.0 Å². The summed E-state index contributed by atoms with van der Waals surface area (Å²) in [4.78, 5) is 22.7. The van der Waals surface area contributed by atoms with Crippen LogP contribution in [0.3, 0.4) is 0 Å². The highest BCUT2D eigenvalue weighted by molar-refractivity contribution is 7.90. The Balaban J connectivity index is 1.95. The van der Waals surface area contributed by atoms with Crippen molar-refractivity contribution in [2.45, 2.75) is 31.1 Å². The molecule has 0 aliphatic carbocycles. The summed E-state index contributed by atoms with van der Waals surface area (Å²) in [6, 6.07) is 13.7. The molecule has 0 bridgehead atoms. The van der Waals surface area contributed by atoms with Gasteiger partial charge in [-0.2, -0.15) is 0 Å². The minimum absolute atomic E-state index is 0.0618. The lowest BCUT2D eigenvalue weighted by Gasteiger charge is -2.07. The Morgan fingerprint density at radius 1 is 1.03 bits per heavy atom. The molecule has 0 spiro atoms. The van der Waals surface area contributed by atoms with Crippen molar-refractivity contribution in [3.8, 4) is 0 Å². The number of rotatable bonds is 8.